The zero-order valence-electron chi connectivity index (χ0n) is 12.9. The molecule has 2 aliphatic rings. The number of nitrogens with one attached hydrogen (secondary N) is 1. The van der Waals surface area contributed by atoms with Gasteiger partial charge in [-0.3, -0.25) is 4.79 Å². The summed E-state index contributed by atoms with van der Waals surface area (Å²) >= 11 is 0.533. The van der Waals surface area contributed by atoms with Crippen LogP contribution < -0.4 is 10.2 Å². The van der Waals surface area contributed by atoms with Crippen LogP contribution in [0.25, 0.3) is 0 Å². The van der Waals surface area contributed by atoms with Crippen molar-refractivity contribution in [2.24, 2.45) is 0 Å². The first-order valence-electron chi connectivity index (χ1n) is 7.68. The Morgan fingerprint density at radius 2 is 2.04 bits per heavy atom. The minimum atomic E-state index is -4.47. The summed E-state index contributed by atoms with van der Waals surface area (Å²) in [7, 11) is 0. The summed E-state index contributed by atoms with van der Waals surface area (Å²) in [6.07, 6.45) is -4.10. The van der Waals surface area contributed by atoms with Gasteiger partial charge in [-0.2, -0.15) is 13.2 Å². The van der Waals surface area contributed by atoms with Gasteiger partial charge in [-0.05, 0) is 0 Å². The lowest BCUT2D eigenvalue weighted by atomic mass is 10.1. The molecule has 2 fully saturated rings. The molecule has 3 rings (SSSR count). The third-order valence-corrected chi connectivity index (χ3v) is 5.01. The van der Waals surface area contributed by atoms with Gasteiger partial charge < -0.3 is 19.9 Å². The van der Waals surface area contributed by atoms with E-state index in [0.29, 0.717) is 57.2 Å². The molecule has 134 valence electrons. The second kappa shape index (κ2) is 7.19. The molecule has 0 bridgehead atoms. The summed E-state index contributed by atoms with van der Waals surface area (Å²) in [5, 5.41) is 9.34. The summed E-state index contributed by atoms with van der Waals surface area (Å²) < 4.78 is 43.1. The topological polar surface area (TPSA) is 70.6 Å². The number of carbonyl (C=O) groups is 1. The Bertz CT molecular complexity index is 568. The normalized spacial score (nSPS) is 22.7. The molecule has 0 saturated carbocycles. The van der Waals surface area contributed by atoms with Crippen molar-refractivity contribution in [3.63, 3.8) is 0 Å². The Kier molecular flexibility index (Phi) is 5.21. The highest BCUT2D eigenvalue weighted by atomic mass is 32.1. The van der Waals surface area contributed by atoms with Crippen molar-refractivity contribution in [3.8, 4) is 0 Å². The quantitative estimate of drug-likeness (QED) is 0.845. The second-order valence-electron chi connectivity index (χ2n) is 5.69. The van der Waals surface area contributed by atoms with Gasteiger partial charge in [0.2, 0.25) is 16.0 Å². The van der Waals surface area contributed by atoms with Gasteiger partial charge in [-0.25, -0.2) is 0 Å². The molecule has 0 aromatic carbocycles. The van der Waals surface area contributed by atoms with Crippen LogP contribution in [0, 0.1) is 0 Å². The Hall–Kier alpha value is -1.46. The molecule has 0 spiro atoms. The maximum atomic E-state index is 12.6. The van der Waals surface area contributed by atoms with Crippen LogP contribution in [0.5, 0.6) is 0 Å². The molecule has 1 amide bonds. The summed E-state index contributed by atoms with van der Waals surface area (Å²) in [6.45, 7) is 3.76. The van der Waals surface area contributed by atoms with E-state index < -0.39 is 11.2 Å². The largest absolute Gasteiger partial charge is 0.445 e. The molecule has 1 aromatic rings. The van der Waals surface area contributed by atoms with Gasteiger partial charge >= 0.3 is 6.18 Å². The van der Waals surface area contributed by atoms with Crippen LogP contribution in [-0.4, -0.2) is 73.0 Å². The van der Waals surface area contributed by atoms with Crippen molar-refractivity contribution in [3.05, 3.63) is 5.01 Å². The summed E-state index contributed by atoms with van der Waals surface area (Å²) in [4.78, 5) is 15.8. The predicted molar refractivity (Wildman–Crippen MR) is 80.9 cm³/mol. The van der Waals surface area contributed by atoms with Crippen LogP contribution in [0.4, 0.5) is 18.3 Å². The van der Waals surface area contributed by atoms with Crippen molar-refractivity contribution in [2.75, 3.05) is 50.8 Å². The number of alkyl halides is 3. The van der Waals surface area contributed by atoms with Gasteiger partial charge in [0.25, 0.3) is 0 Å². The number of aromatic nitrogens is 2. The van der Waals surface area contributed by atoms with Gasteiger partial charge in [0.05, 0.1) is 13.2 Å². The molecule has 1 atom stereocenters. The van der Waals surface area contributed by atoms with E-state index in [1.54, 1.807) is 9.80 Å². The van der Waals surface area contributed by atoms with Crippen LogP contribution >= 0.6 is 11.3 Å². The summed E-state index contributed by atoms with van der Waals surface area (Å²) in [6, 6.07) is 0.0294. The predicted octanol–water partition coefficient (Wildman–Crippen LogP) is 0.584. The molecule has 2 aliphatic heterocycles. The van der Waals surface area contributed by atoms with Crippen molar-refractivity contribution >= 4 is 22.4 Å². The Morgan fingerprint density at radius 1 is 1.29 bits per heavy atom. The van der Waals surface area contributed by atoms with Crippen molar-refractivity contribution < 1.29 is 22.7 Å². The van der Waals surface area contributed by atoms with Gasteiger partial charge in [-0.15, -0.1) is 10.2 Å². The van der Waals surface area contributed by atoms with Crippen molar-refractivity contribution in [2.45, 2.75) is 18.6 Å². The number of ether oxygens (including phenoxy) is 1. The highest BCUT2D eigenvalue weighted by molar-refractivity contribution is 7.15. The van der Waals surface area contributed by atoms with Crippen LogP contribution in [0.2, 0.25) is 0 Å². The molecule has 2 saturated heterocycles. The van der Waals surface area contributed by atoms with Crippen LogP contribution in [0.15, 0.2) is 0 Å². The Morgan fingerprint density at radius 3 is 2.62 bits per heavy atom. The number of nitrogens with zero attached hydrogens (tertiary/aromatic N) is 4. The molecule has 0 aliphatic carbocycles. The number of hydrogen-bond acceptors (Lipinski definition) is 7. The lowest BCUT2D eigenvalue weighted by Gasteiger charge is -2.35. The van der Waals surface area contributed by atoms with Crippen LogP contribution in [0.3, 0.4) is 0 Å². The molecule has 1 unspecified atom stereocenters. The molecule has 24 heavy (non-hydrogen) atoms. The molecule has 3 heterocycles. The van der Waals surface area contributed by atoms with E-state index in [-0.39, 0.29) is 17.1 Å². The van der Waals surface area contributed by atoms with E-state index in [2.05, 4.69) is 15.5 Å². The van der Waals surface area contributed by atoms with Crippen molar-refractivity contribution in [1.82, 2.24) is 20.4 Å². The number of carbonyl (C=O) groups excluding carboxylic acids is 1. The minimum Gasteiger partial charge on any atom is -0.378 e. The Labute approximate surface area is 140 Å². The number of hydrogen-bond donors (Lipinski definition) is 1. The molecule has 7 nitrogen and oxygen atoms in total. The number of amides is 1. The molecule has 11 heteroatoms. The number of anilines is 1. The first kappa shape index (κ1) is 17.4. The maximum absolute atomic E-state index is 12.6. The number of morpholine rings is 1. The SMILES string of the molecule is O=C(CC1COCCN1)N1CCN(c2nnc(C(F)(F)F)s2)CC1. The average Bonchev–Trinajstić information content (AvgIpc) is 3.06. The fourth-order valence-corrected chi connectivity index (χ4v) is 3.46. The monoisotopic (exact) mass is 365 g/mol. The van der Waals surface area contributed by atoms with Crippen LogP contribution in [-0.2, 0) is 15.7 Å². The third kappa shape index (κ3) is 4.14. The molecular weight excluding hydrogens is 347 g/mol. The van der Waals surface area contributed by atoms with Crippen molar-refractivity contribution in [1.29, 1.82) is 0 Å². The third-order valence-electron chi connectivity index (χ3n) is 3.98. The van der Waals surface area contributed by atoms with E-state index in [9.17, 15) is 18.0 Å². The summed E-state index contributed by atoms with van der Waals surface area (Å²) in [5.74, 6) is 0.0332. The minimum absolute atomic E-state index is 0.0294. The number of halogens is 3. The first-order chi connectivity index (χ1) is 11.4. The molecule has 1 aromatic heterocycles. The second-order valence-corrected chi connectivity index (χ2v) is 6.64. The van der Waals surface area contributed by atoms with E-state index in [1.165, 1.54) is 0 Å². The van der Waals surface area contributed by atoms with Gasteiger partial charge in [0, 0.05) is 45.2 Å². The lowest BCUT2D eigenvalue weighted by Crippen LogP contribution is -2.51. The van der Waals surface area contributed by atoms with E-state index in [0.717, 1.165) is 6.54 Å². The zero-order chi connectivity index (χ0) is 17.2. The Balaban J connectivity index is 1.50. The average molecular weight is 365 g/mol. The van der Waals surface area contributed by atoms with Crippen LogP contribution in [0.1, 0.15) is 11.4 Å². The maximum Gasteiger partial charge on any atom is 0.445 e. The highest BCUT2D eigenvalue weighted by Crippen LogP contribution is 2.34. The fourth-order valence-electron chi connectivity index (χ4n) is 2.70. The standard InChI is InChI=1S/C13H18F3N5O2S/c14-13(15,16)11-18-19-12(24-11)21-4-2-20(3-5-21)10(22)7-9-8-23-6-1-17-9/h9,17H,1-8H2. The zero-order valence-corrected chi connectivity index (χ0v) is 13.7. The van der Waals surface area contributed by atoms with E-state index >= 15 is 0 Å². The molecule has 0 radical (unpaired) electrons. The van der Waals surface area contributed by atoms with E-state index in [1.807, 2.05) is 0 Å². The molecule has 1 N–H and O–H groups in total. The highest BCUT2D eigenvalue weighted by Gasteiger charge is 2.36. The smallest absolute Gasteiger partial charge is 0.378 e. The van der Waals surface area contributed by atoms with E-state index in [4.69, 9.17) is 4.74 Å². The fraction of sp³-hybridized carbons (Fsp3) is 0.769. The van der Waals surface area contributed by atoms with Gasteiger partial charge in [0.1, 0.15) is 0 Å². The summed E-state index contributed by atoms with van der Waals surface area (Å²) in [5.41, 5.74) is 0. The van der Waals surface area contributed by atoms with Gasteiger partial charge in [0.15, 0.2) is 0 Å². The first-order valence-corrected chi connectivity index (χ1v) is 8.49. The number of rotatable bonds is 3. The molecular formula is C13H18F3N5O2S. The van der Waals surface area contributed by atoms with Gasteiger partial charge in [-0.1, -0.05) is 11.3 Å². The lowest BCUT2D eigenvalue weighted by molar-refractivity contribution is -0.138. The number of piperazine rings is 1.